The summed E-state index contributed by atoms with van der Waals surface area (Å²) in [5.41, 5.74) is 5.35. The van der Waals surface area contributed by atoms with Crippen LogP contribution < -0.4 is 5.73 Å². The Morgan fingerprint density at radius 3 is 1.28 bits per heavy atom. The molecule has 0 fully saturated rings. The van der Waals surface area contributed by atoms with Crippen LogP contribution in [0, 0.1) is 0 Å². The fraction of sp³-hybridized carbons (Fsp3) is 0.564. The average molecular weight is 922 g/mol. The normalized spacial score (nSPS) is 14.3. The molecule has 366 valence electrons. The highest BCUT2D eigenvalue weighted by atomic mass is 31.2. The molecule has 10 heteroatoms. The number of allylic oxidation sites excluding steroid dienone is 22. The molecule has 2 unspecified atom stereocenters. The molecule has 9 nitrogen and oxygen atoms in total. The van der Waals surface area contributed by atoms with E-state index in [1.165, 1.54) is 6.42 Å². The van der Waals surface area contributed by atoms with E-state index < -0.39 is 32.5 Å². The second kappa shape index (κ2) is 49.6. The van der Waals surface area contributed by atoms with Crippen molar-refractivity contribution in [2.24, 2.45) is 5.73 Å². The lowest BCUT2D eigenvalue weighted by Gasteiger charge is -2.19. The van der Waals surface area contributed by atoms with Gasteiger partial charge in [-0.05, 0) is 109 Å². The van der Waals surface area contributed by atoms with Gasteiger partial charge >= 0.3 is 19.8 Å². The highest BCUT2D eigenvalue weighted by molar-refractivity contribution is 7.47. The van der Waals surface area contributed by atoms with Gasteiger partial charge in [0.1, 0.15) is 6.61 Å². The fourth-order valence-corrected chi connectivity index (χ4v) is 6.66. The van der Waals surface area contributed by atoms with Crippen molar-refractivity contribution >= 4 is 19.8 Å². The summed E-state index contributed by atoms with van der Waals surface area (Å²) in [4.78, 5) is 34.9. The van der Waals surface area contributed by atoms with Crippen LogP contribution in [0.1, 0.15) is 168 Å². The van der Waals surface area contributed by atoms with Crippen LogP contribution in [0.2, 0.25) is 0 Å². The molecule has 0 saturated heterocycles. The van der Waals surface area contributed by atoms with Crippen LogP contribution >= 0.6 is 7.82 Å². The molecule has 2 atom stereocenters. The molecule has 0 aromatic rings. The summed E-state index contributed by atoms with van der Waals surface area (Å²) >= 11 is 0. The number of unbranched alkanes of at least 4 members (excludes halogenated alkanes) is 9. The summed E-state index contributed by atoms with van der Waals surface area (Å²) in [5, 5.41) is 0. The number of hydrogen-bond acceptors (Lipinski definition) is 8. The Kier molecular flexibility index (Phi) is 46.6. The van der Waals surface area contributed by atoms with E-state index in [4.69, 9.17) is 24.3 Å². The van der Waals surface area contributed by atoms with Crippen molar-refractivity contribution in [3.63, 3.8) is 0 Å². The second-order valence-electron chi connectivity index (χ2n) is 15.6. The van der Waals surface area contributed by atoms with E-state index in [1.807, 2.05) is 0 Å². The lowest BCUT2D eigenvalue weighted by atomic mass is 10.1. The van der Waals surface area contributed by atoms with Gasteiger partial charge in [-0.15, -0.1) is 0 Å². The van der Waals surface area contributed by atoms with Crippen molar-refractivity contribution in [3.05, 3.63) is 134 Å². The molecule has 0 aromatic heterocycles. The topological polar surface area (TPSA) is 134 Å². The summed E-state index contributed by atoms with van der Waals surface area (Å²) < 4.78 is 32.8. The largest absolute Gasteiger partial charge is 0.472 e. The van der Waals surface area contributed by atoms with Gasteiger partial charge < -0.3 is 20.1 Å². The molecule has 0 aliphatic heterocycles. The molecular weight excluding hydrogens is 834 g/mol. The Morgan fingerprint density at radius 1 is 0.477 bits per heavy atom. The van der Waals surface area contributed by atoms with Crippen LogP contribution in [0.5, 0.6) is 0 Å². The predicted octanol–water partition coefficient (Wildman–Crippen LogP) is 15.1. The minimum Gasteiger partial charge on any atom is -0.462 e. The molecule has 0 aromatic carbocycles. The molecule has 0 bridgehead atoms. The van der Waals surface area contributed by atoms with Gasteiger partial charge in [-0.1, -0.05) is 180 Å². The van der Waals surface area contributed by atoms with Gasteiger partial charge in [0.15, 0.2) is 6.10 Å². The summed E-state index contributed by atoms with van der Waals surface area (Å²) in [6, 6.07) is 0. The molecule has 0 aliphatic carbocycles. The van der Waals surface area contributed by atoms with Crippen molar-refractivity contribution in [2.75, 3.05) is 26.4 Å². The van der Waals surface area contributed by atoms with Gasteiger partial charge in [0.2, 0.25) is 0 Å². The molecule has 0 heterocycles. The third kappa shape index (κ3) is 49.4. The second-order valence-corrected chi connectivity index (χ2v) is 17.0. The van der Waals surface area contributed by atoms with Crippen molar-refractivity contribution in [2.45, 2.75) is 174 Å². The summed E-state index contributed by atoms with van der Waals surface area (Å²) in [6.45, 7) is 3.46. The Labute approximate surface area is 395 Å². The average Bonchev–Trinajstić information content (AvgIpc) is 3.30. The van der Waals surface area contributed by atoms with E-state index in [-0.39, 0.29) is 32.6 Å². The first-order valence-electron chi connectivity index (χ1n) is 24.7. The molecule has 0 aliphatic rings. The van der Waals surface area contributed by atoms with Crippen molar-refractivity contribution < 1.29 is 37.6 Å². The summed E-state index contributed by atoms with van der Waals surface area (Å²) in [6.07, 6.45) is 69.2. The Hall–Kier alpha value is -3.85. The van der Waals surface area contributed by atoms with Crippen LogP contribution in [-0.2, 0) is 32.7 Å². The Bertz CT molecular complexity index is 1520. The maximum Gasteiger partial charge on any atom is 0.472 e. The predicted molar refractivity (Wildman–Crippen MR) is 274 cm³/mol. The smallest absolute Gasteiger partial charge is 0.462 e. The van der Waals surface area contributed by atoms with Gasteiger partial charge in [0.05, 0.1) is 13.2 Å². The third-order valence-corrected chi connectivity index (χ3v) is 10.5. The van der Waals surface area contributed by atoms with Crippen LogP contribution in [0.4, 0.5) is 0 Å². The molecule has 0 amide bonds. The highest BCUT2D eigenvalue weighted by Gasteiger charge is 2.26. The molecule has 0 spiro atoms. The minimum atomic E-state index is -4.40. The molecule has 0 radical (unpaired) electrons. The number of nitrogens with two attached hydrogens (primary N) is 1. The monoisotopic (exact) mass is 922 g/mol. The van der Waals surface area contributed by atoms with Gasteiger partial charge in [-0.2, -0.15) is 0 Å². The van der Waals surface area contributed by atoms with E-state index in [0.717, 1.165) is 122 Å². The van der Waals surface area contributed by atoms with Crippen LogP contribution in [0.3, 0.4) is 0 Å². The van der Waals surface area contributed by atoms with Crippen molar-refractivity contribution in [1.29, 1.82) is 0 Å². The maximum absolute atomic E-state index is 12.6. The minimum absolute atomic E-state index is 0.0377. The zero-order valence-electron chi connectivity index (χ0n) is 40.4. The summed E-state index contributed by atoms with van der Waals surface area (Å²) in [7, 11) is -4.40. The molecule has 0 rings (SSSR count). The van der Waals surface area contributed by atoms with E-state index >= 15 is 0 Å². The number of hydrogen-bond donors (Lipinski definition) is 2. The number of esters is 2. The first kappa shape index (κ1) is 61.1. The number of phosphoric ester groups is 1. The van der Waals surface area contributed by atoms with Gasteiger partial charge in [-0.3, -0.25) is 18.6 Å². The number of carbonyl (C=O) groups excluding carboxylic acids is 2. The quantitative estimate of drug-likeness (QED) is 0.0265. The molecular formula is C55H88NO8P. The van der Waals surface area contributed by atoms with Crippen molar-refractivity contribution in [1.82, 2.24) is 0 Å². The fourth-order valence-electron chi connectivity index (χ4n) is 5.90. The van der Waals surface area contributed by atoms with E-state index in [2.05, 4.69) is 148 Å². The van der Waals surface area contributed by atoms with E-state index in [1.54, 1.807) is 0 Å². The van der Waals surface area contributed by atoms with Crippen LogP contribution in [0.15, 0.2) is 134 Å². The standard InChI is InChI=1S/C55H88NO8P/c1-3-5-7-9-11-13-15-17-18-19-20-21-22-23-24-25-26-27-28-29-30-31-32-33-34-36-38-40-42-44-46-48-55(58)64-53(52-63-65(59,60)62-50-49-56)51-61-54(57)47-45-43-41-39-37-35-16-14-12-10-8-6-4-2/h5,7-8,10-11,13-14,16-18,20-21,23-24,26-27,29-30,32-33,36,38,53H,3-4,6,9,12,15,19,22,25,28,31,34-35,37,39-52,56H2,1-2H3,(H,59,60)/b7-5-,10-8-,13-11-,16-14-,18-17-,21-20-,24-23-,27-26-,30-29-,33-32-,38-36-. The SMILES string of the molecule is CC/C=C\C/C=C\C/C=C\C/C=C\C/C=C\C/C=C\C/C=C\C/C=C\C/C=C\CCCCCC(=O)OC(COC(=O)CCCCCCC/C=C\C/C=C\CCC)COP(=O)(O)OCCN. The first-order valence-corrected chi connectivity index (χ1v) is 26.2. The molecule has 3 N–H and O–H groups in total. The lowest BCUT2D eigenvalue weighted by molar-refractivity contribution is -0.161. The zero-order chi connectivity index (χ0) is 47.4. The number of carbonyl (C=O) groups is 2. The third-order valence-electron chi connectivity index (χ3n) is 9.50. The Morgan fingerprint density at radius 2 is 0.846 bits per heavy atom. The molecule has 0 saturated carbocycles. The first-order chi connectivity index (χ1) is 31.8. The van der Waals surface area contributed by atoms with Crippen molar-refractivity contribution in [3.8, 4) is 0 Å². The highest BCUT2D eigenvalue weighted by Crippen LogP contribution is 2.43. The zero-order valence-corrected chi connectivity index (χ0v) is 41.3. The van der Waals surface area contributed by atoms with Crippen LogP contribution in [-0.4, -0.2) is 49.3 Å². The van der Waals surface area contributed by atoms with E-state index in [9.17, 15) is 19.0 Å². The lowest BCUT2D eigenvalue weighted by Crippen LogP contribution is -2.29. The van der Waals surface area contributed by atoms with Gasteiger partial charge in [-0.25, -0.2) is 4.57 Å². The summed E-state index contributed by atoms with van der Waals surface area (Å²) in [5.74, 6) is -0.898. The van der Waals surface area contributed by atoms with Gasteiger partial charge in [0.25, 0.3) is 0 Å². The van der Waals surface area contributed by atoms with E-state index in [0.29, 0.717) is 12.8 Å². The maximum atomic E-state index is 12.6. The van der Waals surface area contributed by atoms with Gasteiger partial charge in [0, 0.05) is 19.4 Å². The number of rotatable bonds is 44. The number of phosphoric acid groups is 1. The number of ether oxygens (including phenoxy) is 2. The van der Waals surface area contributed by atoms with Crippen LogP contribution in [0.25, 0.3) is 0 Å². The Balaban J connectivity index is 4.18. The molecule has 65 heavy (non-hydrogen) atoms.